The van der Waals surface area contributed by atoms with Crippen molar-refractivity contribution in [2.24, 2.45) is 0 Å². The summed E-state index contributed by atoms with van der Waals surface area (Å²) in [5.74, 6) is 0. The molecule has 2 fully saturated rings. The van der Waals surface area contributed by atoms with Crippen molar-refractivity contribution in [1.82, 2.24) is 5.32 Å². The fourth-order valence-electron chi connectivity index (χ4n) is 3.12. The molecule has 2 aliphatic rings. The molecule has 3 heteroatoms. The summed E-state index contributed by atoms with van der Waals surface area (Å²) in [6, 6.07) is 0.508. The lowest BCUT2D eigenvalue weighted by Gasteiger charge is -2.41. The van der Waals surface area contributed by atoms with Gasteiger partial charge in [-0.1, -0.05) is 12.8 Å². The van der Waals surface area contributed by atoms with Crippen molar-refractivity contribution in [3.8, 4) is 0 Å². The van der Waals surface area contributed by atoms with Crippen LogP contribution < -0.4 is 5.32 Å². The molecule has 0 bridgehead atoms. The third-order valence-corrected chi connectivity index (χ3v) is 4.00. The average Bonchev–Trinajstić information content (AvgIpc) is 2.66. The Kier molecular flexibility index (Phi) is 3.57. The highest BCUT2D eigenvalue weighted by molar-refractivity contribution is 4.95. The van der Waals surface area contributed by atoms with E-state index in [1.807, 2.05) is 0 Å². The van der Waals surface area contributed by atoms with Gasteiger partial charge in [0, 0.05) is 18.2 Å². The quantitative estimate of drug-likeness (QED) is 0.773. The van der Waals surface area contributed by atoms with Crippen molar-refractivity contribution in [2.45, 2.75) is 69.6 Å². The van der Waals surface area contributed by atoms with E-state index in [9.17, 15) is 5.11 Å². The molecule has 0 aromatic carbocycles. The minimum Gasteiger partial charge on any atom is -0.394 e. The van der Waals surface area contributed by atoms with Gasteiger partial charge in [-0.2, -0.15) is 0 Å². The molecule has 3 nitrogen and oxygen atoms in total. The normalized spacial score (nSPS) is 29.8. The van der Waals surface area contributed by atoms with Crippen LogP contribution in [0.25, 0.3) is 0 Å². The summed E-state index contributed by atoms with van der Waals surface area (Å²) >= 11 is 0. The number of hydrogen-bond acceptors (Lipinski definition) is 3. The summed E-state index contributed by atoms with van der Waals surface area (Å²) in [6.45, 7) is 5.18. The molecule has 1 aliphatic carbocycles. The predicted molar refractivity (Wildman–Crippen MR) is 64.5 cm³/mol. The van der Waals surface area contributed by atoms with E-state index < -0.39 is 0 Å². The number of ether oxygens (including phenoxy) is 1. The van der Waals surface area contributed by atoms with Gasteiger partial charge in [-0.3, -0.25) is 0 Å². The standard InChI is InChI=1S/C13H25NO2/c1-12(2,10-15)14-11-5-8-16-13(9-11)6-3-4-7-13/h11,14-15H,3-10H2,1-2H3. The molecule has 1 unspecified atom stereocenters. The summed E-state index contributed by atoms with van der Waals surface area (Å²) < 4.78 is 6.00. The number of hydrogen-bond donors (Lipinski definition) is 2. The van der Waals surface area contributed by atoms with Crippen LogP contribution in [0.3, 0.4) is 0 Å². The Bertz CT molecular complexity index is 234. The van der Waals surface area contributed by atoms with Gasteiger partial charge < -0.3 is 15.2 Å². The summed E-state index contributed by atoms with van der Waals surface area (Å²) in [7, 11) is 0. The van der Waals surface area contributed by atoms with E-state index in [4.69, 9.17) is 4.74 Å². The molecule has 0 radical (unpaired) electrons. The van der Waals surface area contributed by atoms with Crippen LogP contribution in [0.1, 0.15) is 52.4 Å². The molecular weight excluding hydrogens is 202 g/mol. The second-order valence-electron chi connectivity index (χ2n) is 6.11. The molecule has 1 spiro atoms. The van der Waals surface area contributed by atoms with Gasteiger partial charge in [0.2, 0.25) is 0 Å². The van der Waals surface area contributed by atoms with Crippen molar-refractivity contribution in [2.75, 3.05) is 13.2 Å². The van der Waals surface area contributed by atoms with E-state index in [1.165, 1.54) is 25.7 Å². The van der Waals surface area contributed by atoms with Gasteiger partial charge in [0.15, 0.2) is 0 Å². The first-order valence-corrected chi connectivity index (χ1v) is 6.58. The maximum atomic E-state index is 9.29. The monoisotopic (exact) mass is 227 g/mol. The maximum absolute atomic E-state index is 9.29. The minimum atomic E-state index is -0.165. The summed E-state index contributed by atoms with van der Waals surface area (Å²) in [4.78, 5) is 0. The largest absolute Gasteiger partial charge is 0.394 e. The van der Waals surface area contributed by atoms with Crippen molar-refractivity contribution in [3.05, 3.63) is 0 Å². The molecule has 94 valence electrons. The van der Waals surface area contributed by atoms with E-state index in [0.717, 1.165) is 19.4 Å². The Morgan fingerprint density at radius 3 is 2.69 bits per heavy atom. The Balaban J connectivity index is 1.91. The molecule has 2 rings (SSSR count). The van der Waals surface area contributed by atoms with Gasteiger partial charge in [0.25, 0.3) is 0 Å². The van der Waals surface area contributed by atoms with Crippen LogP contribution in [0.5, 0.6) is 0 Å². The second kappa shape index (κ2) is 4.63. The molecule has 1 saturated carbocycles. The van der Waals surface area contributed by atoms with Gasteiger partial charge in [0.05, 0.1) is 12.2 Å². The molecule has 2 N–H and O–H groups in total. The molecule has 1 saturated heterocycles. The third kappa shape index (κ3) is 2.76. The van der Waals surface area contributed by atoms with Gasteiger partial charge in [-0.25, -0.2) is 0 Å². The fourth-order valence-corrected chi connectivity index (χ4v) is 3.12. The Labute approximate surface area is 98.6 Å². The Morgan fingerprint density at radius 1 is 1.38 bits per heavy atom. The summed E-state index contributed by atoms with van der Waals surface area (Å²) in [5, 5.41) is 12.9. The lowest BCUT2D eigenvalue weighted by atomic mass is 9.87. The van der Waals surface area contributed by atoms with Crippen molar-refractivity contribution in [1.29, 1.82) is 0 Å². The highest BCUT2D eigenvalue weighted by atomic mass is 16.5. The lowest BCUT2D eigenvalue weighted by Crippen LogP contribution is -2.53. The van der Waals surface area contributed by atoms with Crippen LogP contribution in [-0.4, -0.2) is 35.5 Å². The fraction of sp³-hybridized carbons (Fsp3) is 1.00. The predicted octanol–water partition coefficient (Wildman–Crippen LogP) is 1.84. The van der Waals surface area contributed by atoms with Crippen LogP contribution in [0.2, 0.25) is 0 Å². The number of rotatable bonds is 3. The Morgan fingerprint density at radius 2 is 2.06 bits per heavy atom. The first-order chi connectivity index (χ1) is 7.55. The molecule has 1 heterocycles. The number of aliphatic hydroxyl groups excluding tert-OH is 1. The highest BCUT2D eigenvalue weighted by Gasteiger charge is 2.40. The number of aliphatic hydroxyl groups is 1. The van der Waals surface area contributed by atoms with Gasteiger partial charge in [-0.15, -0.1) is 0 Å². The maximum Gasteiger partial charge on any atom is 0.0697 e. The summed E-state index contributed by atoms with van der Waals surface area (Å²) in [6.07, 6.45) is 7.28. The molecule has 0 aromatic heterocycles. The van der Waals surface area contributed by atoms with Gasteiger partial charge >= 0.3 is 0 Å². The van der Waals surface area contributed by atoms with Crippen LogP contribution in [0, 0.1) is 0 Å². The highest BCUT2D eigenvalue weighted by Crippen LogP contribution is 2.40. The topological polar surface area (TPSA) is 41.5 Å². The van der Waals surface area contributed by atoms with E-state index in [1.54, 1.807) is 0 Å². The van der Waals surface area contributed by atoms with E-state index >= 15 is 0 Å². The zero-order valence-electron chi connectivity index (χ0n) is 10.6. The zero-order chi connectivity index (χ0) is 11.6. The molecular formula is C13H25NO2. The Hall–Kier alpha value is -0.120. The lowest BCUT2D eigenvalue weighted by molar-refractivity contribution is -0.0871. The summed E-state index contributed by atoms with van der Waals surface area (Å²) in [5.41, 5.74) is 0.00323. The third-order valence-electron chi connectivity index (χ3n) is 4.00. The van der Waals surface area contributed by atoms with Crippen LogP contribution in [-0.2, 0) is 4.74 Å². The molecule has 0 amide bonds. The van der Waals surface area contributed by atoms with E-state index in [2.05, 4.69) is 19.2 Å². The molecule has 1 atom stereocenters. The smallest absolute Gasteiger partial charge is 0.0697 e. The minimum absolute atomic E-state index is 0.165. The van der Waals surface area contributed by atoms with Gasteiger partial charge in [0.1, 0.15) is 0 Å². The van der Waals surface area contributed by atoms with Crippen LogP contribution in [0.4, 0.5) is 0 Å². The van der Waals surface area contributed by atoms with E-state index in [0.29, 0.717) is 6.04 Å². The van der Waals surface area contributed by atoms with E-state index in [-0.39, 0.29) is 17.7 Å². The van der Waals surface area contributed by atoms with Crippen molar-refractivity contribution in [3.63, 3.8) is 0 Å². The SMILES string of the molecule is CC(C)(CO)NC1CCOC2(CCCC2)C1. The first kappa shape index (κ1) is 12.3. The first-order valence-electron chi connectivity index (χ1n) is 6.58. The van der Waals surface area contributed by atoms with Crippen LogP contribution in [0.15, 0.2) is 0 Å². The van der Waals surface area contributed by atoms with Crippen molar-refractivity contribution >= 4 is 0 Å². The van der Waals surface area contributed by atoms with Crippen molar-refractivity contribution < 1.29 is 9.84 Å². The van der Waals surface area contributed by atoms with Crippen LogP contribution >= 0.6 is 0 Å². The molecule has 0 aromatic rings. The zero-order valence-corrected chi connectivity index (χ0v) is 10.6. The number of nitrogens with one attached hydrogen (secondary N) is 1. The molecule has 16 heavy (non-hydrogen) atoms. The second-order valence-corrected chi connectivity index (χ2v) is 6.11. The average molecular weight is 227 g/mol. The van der Waals surface area contributed by atoms with Gasteiger partial charge in [-0.05, 0) is 39.5 Å². The molecule has 1 aliphatic heterocycles.